The Labute approximate surface area is 170 Å². The van der Waals surface area contributed by atoms with Crippen LogP contribution in [-0.4, -0.2) is 28.1 Å². The predicted octanol–water partition coefficient (Wildman–Crippen LogP) is 5.08. The third kappa shape index (κ3) is 4.72. The van der Waals surface area contributed by atoms with Gasteiger partial charge in [0.15, 0.2) is 0 Å². The summed E-state index contributed by atoms with van der Waals surface area (Å²) in [5.74, 6) is -0.0606. The van der Waals surface area contributed by atoms with Crippen LogP contribution >= 0.6 is 11.8 Å². The molecule has 1 fully saturated rings. The molecule has 1 saturated carbocycles. The van der Waals surface area contributed by atoms with Gasteiger partial charge >= 0.3 is 0 Å². The third-order valence-electron chi connectivity index (χ3n) is 5.04. The molecule has 0 saturated heterocycles. The summed E-state index contributed by atoms with van der Waals surface area (Å²) in [6.45, 7) is 3.34. The summed E-state index contributed by atoms with van der Waals surface area (Å²) in [6.07, 6.45) is 4.66. The molecular weight excluding hydrogens is 366 g/mol. The average Bonchev–Trinajstić information content (AvgIpc) is 3.53. The minimum Gasteiger partial charge on any atom is -0.326 e. The molecule has 5 heteroatoms. The molecule has 0 bridgehead atoms. The van der Waals surface area contributed by atoms with Crippen molar-refractivity contribution in [3.8, 4) is 0 Å². The molecule has 1 N–H and O–H groups in total. The smallest absolute Gasteiger partial charge is 0.221 e. The summed E-state index contributed by atoms with van der Waals surface area (Å²) >= 11 is 1.78. The van der Waals surface area contributed by atoms with E-state index >= 15 is 0 Å². The van der Waals surface area contributed by atoms with Crippen molar-refractivity contribution in [2.24, 2.45) is 0 Å². The number of pyridine rings is 1. The number of carbonyl (C=O) groups excluding carboxylic acids is 1. The minimum atomic E-state index is -0.0606. The quantitative estimate of drug-likeness (QED) is 0.571. The van der Waals surface area contributed by atoms with Crippen molar-refractivity contribution in [1.29, 1.82) is 0 Å². The summed E-state index contributed by atoms with van der Waals surface area (Å²) < 4.78 is 0. The fraction of sp³-hybridized carbons (Fsp3) is 0.304. The zero-order valence-electron chi connectivity index (χ0n) is 16.3. The molecular formula is C23H25N3OS. The topological polar surface area (TPSA) is 45.2 Å². The van der Waals surface area contributed by atoms with Crippen molar-refractivity contribution >= 4 is 34.3 Å². The molecule has 28 heavy (non-hydrogen) atoms. The number of nitrogens with one attached hydrogen (secondary N) is 1. The molecule has 2 aromatic carbocycles. The lowest BCUT2D eigenvalue weighted by Crippen LogP contribution is -2.25. The molecule has 0 aliphatic heterocycles. The number of aromatic nitrogens is 1. The van der Waals surface area contributed by atoms with Gasteiger partial charge in [0.2, 0.25) is 5.91 Å². The highest BCUT2D eigenvalue weighted by Crippen LogP contribution is 2.30. The number of nitrogens with zero attached hydrogens (tertiary/aromatic N) is 2. The molecule has 1 aromatic heterocycles. The second-order valence-corrected chi connectivity index (χ2v) is 8.26. The maximum Gasteiger partial charge on any atom is 0.221 e. The largest absolute Gasteiger partial charge is 0.326 e. The van der Waals surface area contributed by atoms with Gasteiger partial charge in [-0.15, -0.1) is 11.8 Å². The van der Waals surface area contributed by atoms with E-state index in [0.717, 1.165) is 35.4 Å². The number of hydrogen-bond donors (Lipinski definition) is 1. The van der Waals surface area contributed by atoms with Gasteiger partial charge < -0.3 is 5.32 Å². The van der Waals surface area contributed by atoms with Gasteiger partial charge in [0.25, 0.3) is 0 Å². The SMILES string of the molecule is CSc1ccc(CN(Cc2ccc3cc(NC(C)=O)ccc3n2)C2CC2)cc1. The van der Waals surface area contributed by atoms with E-state index in [1.807, 2.05) is 18.2 Å². The number of thioether (sulfide) groups is 1. The van der Waals surface area contributed by atoms with Crippen molar-refractivity contribution < 1.29 is 4.79 Å². The maximum atomic E-state index is 11.2. The lowest BCUT2D eigenvalue weighted by Gasteiger charge is -2.22. The second-order valence-electron chi connectivity index (χ2n) is 7.38. The van der Waals surface area contributed by atoms with Gasteiger partial charge in [-0.1, -0.05) is 18.2 Å². The summed E-state index contributed by atoms with van der Waals surface area (Å²) in [5, 5.41) is 3.87. The highest BCUT2D eigenvalue weighted by molar-refractivity contribution is 7.98. The number of benzene rings is 2. The van der Waals surface area contributed by atoms with Crippen LogP contribution in [0.15, 0.2) is 59.5 Å². The fourth-order valence-electron chi connectivity index (χ4n) is 3.46. The zero-order valence-corrected chi connectivity index (χ0v) is 17.1. The summed E-state index contributed by atoms with van der Waals surface area (Å²) in [7, 11) is 0. The number of fused-ring (bicyclic) bond motifs is 1. The van der Waals surface area contributed by atoms with Crippen LogP contribution in [0.2, 0.25) is 0 Å². The number of anilines is 1. The molecule has 1 aliphatic rings. The van der Waals surface area contributed by atoms with Gasteiger partial charge in [0.05, 0.1) is 11.2 Å². The first-order valence-corrected chi connectivity index (χ1v) is 10.9. The van der Waals surface area contributed by atoms with Crippen molar-refractivity contribution in [1.82, 2.24) is 9.88 Å². The van der Waals surface area contributed by atoms with Crippen LogP contribution < -0.4 is 5.32 Å². The van der Waals surface area contributed by atoms with Gasteiger partial charge in [-0.3, -0.25) is 14.7 Å². The second kappa shape index (κ2) is 8.33. The van der Waals surface area contributed by atoms with E-state index in [1.54, 1.807) is 11.8 Å². The Morgan fingerprint density at radius 3 is 2.57 bits per heavy atom. The van der Waals surface area contributed by atoms with Crippen LogP contribution in [0.4, 0.5) is 5.69 Å². The monoisotopic (exact) mass is 391 g/mol. The van der Waals surface area contributed by atoms with Crippen LogP contribution in [0.3, 0.4) is 0 Å². The fourth-order valence-corrected chi connectivity index (χ4v) is 3.87. The highest BCUT2D eigenvalue weighted by Gasteiger charge is 2.29. The van der Waals surface area contributed by atoms with Gasteiger partial charge in [-0.05, 0) is 61.1 Å². The van der Waals surface area contributed by atoms with Crippen molar-refractivity contribution in [2.45, 2.75) is 43.8 Å². The average molecular weight is 392 g/mol. The van der Waals surface area contributed by atoms with Gasteiger partial charge in [-0.25, -0.2) is 0 Å². The van der Waals surface area contributed by atoms with E-state index in [0.29, 0.717) is 6.04 Å². The van der Waals surface area contributed by atoms with Crippen LogP contribution in [0.1, 0.15) is 31.0 Å². The molecule has 1 heterocycles. The lowest BCUT2D eigenvalue weighted by atomic mass is 10.1. The van der Waals surface area contributed by atoms with E-state index in [1.165, 1.54) is 30.2 Å². The van der Waals surface area contributed by atoms with E-state index in [4.69, 9.17) is 4.98 Å². The maximum absolute atomic E-state index is 11.2. The van der Waals surface area contributed by atoms with Gasteiger partial charge in [-0.2, -0.15) is 0 Å². The Kier molecular flexibility index (Phi) is 5.64. The predicted molar refractivity (Wildman–Crippen MR) is 117 cm³/mol. The van der Waals surface area contributed by atoms with Crippen LogP contribution in [-0.2, 0) is 17.9 Å². The van der Waals surface area contributed by atoms with Crippen molar-refractivity contribution in [3.63, 3.8) is 0 Å². The van der Waals surface area contributed by atoms with E-state index in [9.17, 15) is 4.79 Å². The number of carbonyl (C=O) groups is 1. The van der Waals surface area contributed by atoms with E-state index in [2.05, 4.69) is 52.9 Å². The molecule has 1 aliphatic carbocycles. The van der Waals surface area contributed by atoms with Gasteiger partial charge in [0, 0.05) is 42.0 Å². The Hall–Kier alpha value is -2.37. The Morgan fingerprint density at radius 1 is 1.11 bits per heavy atom. The van der Waals surface area contributed by atoms with Gasteiger partial charge in [0.1, 0.15) is 0 Å². The molecule has 0 atom stereocenters. The number of rotatable bonds is 7. The first-order chi connectivity index (χ1) is 13.6. The lowest BCUT2D eigenvalue weighted by molar-refractivity contribution is -0.114. The van der Waals surface area contributed by atoms with Crippen molar-refractivity contribution in [2.75, 3.05) is 11.6 Å². The Morgan fingerprint density at radius 2 is 1.89 bits per heavy atom. The van der Waals surface area contributed by atoms with Crippen LogP contribution in [0.5, 0.6) is 0 Å². The number of amides is 1. The standard InChI is InChI=1S/C23H25N3OS/c1-16(27)24-19-7-12-23-18(13-19)5-6-20(25-23)15-26(21-8-9-21)14-17-3-10-22(28-2)11-4-17/h3-7,10-13,21H,8-9,14-15H2,1-2H3,(H,24,27). The summed E-state index contributed by atoms with van der Waals surface area (Å²) in [4.78, 5) is 19.9. The Balaban J connectivity index is 1.50. The first-order valence-electron chi connectivity index (χ1n) is 9.65. The van der Waals surface area contributed by atoms with Crippen molar-refractivity contribution in [3.05, 3.63) is 65.9 Å². The summed E-state index contributed by atoms with van der Waals surface area (Å²) in [5.41, 5.74) is 4.22. The molecule has 144 valence electrons. The minimum absolute atomic E-state index is 0.0606. The van der Waals surface area contributed by atoms with E-state index in [-0.39, 0.29) is 5.91 Å². The van der Waals surface area contributed by atoms with E-state index < -0.39 is 0 Å². The third-order valence-corrected chi connectivity index (χ3v) is 5.78. The molecule has 1 amide bonds. The van der Waals surface area contributed by atoms with Crippen LogP contribution in [0.25, 0.3) is 10.9 Å². The molecule has 0 radical (unpaired) electrons. The molecule has 0 spiro atoms. The highest BCUT2D eigenvalue weighted by atomic mass is 32.2. The number of hydrogen-bond acceptors (Lipinski definition) is 4. The molecule has 4 nitrogen and oxygen atoms in total. The normalized spacial score (nSPS) is 13.8. The first kappa shape index (κ1) is 19.0. The van der Waals surface area contributed by atoms with Crippen LogP contribution in [0, 0.1) is 0 Å². The summed E-state index contributed by atoms with van der Waals surface area (Å²) in [6, 6.07) is 19.6. The molecule has 3 aromatic rings. The zero-order chi connectivity index (χ0) is 19.5. The molecule has 4 rings (SSSR count). The molecule has 0 unspecified atom stereocenters. The Bertz CT molecular complexity index is 983.